The number of sulfonamides is 1. The van der Waals surface area contributed by atoms with Gasteiger partial charge in [-0.3, -0.25) is 4.79 Å². The van der Waals surface area contributed by atoms with Crippen LogP contribution in [0, 0.1) is 0 Å². The number of rotatable bonds is 5. The number of carbonyl (C=O) groups is 1. The Morgan fingerprint density at radius 1 is 1.09 bits per heavy atom. The van der Waals surface area contributed by atoms with Gasteiger partial charge in [-0.2, -0.15) is 13.5 Å². The highest BCUT2D eigenvalue weighted by Gasteiger charge is 2.39. The molecule has 0 aliphatic carbocycles. The molecule has 0 spiro atoms. The first kappa shape index (κ1) is 20.4. The molecule has 0 bridgehead atoms. The van der Waals surface area contributed by atoms with E-state index in [-0.39, 0.29) is 10.8 Å². The summed E-state index contributed by atoms with van der Waals surface area (Å²) in [6.45, 7) is 1.63. The molecule has 2 aliphatic heterocycles. The van der Waals surface area contributed by atoms with E-state index in [2.05, 4.69) is 19.8 Å². The first-order valence-electron chi connectivity index (χ1n) is 10.4. The van der Waals surface area contributed by atoms with Gasteiger partial charge in [0.2, 0.25) is 5.91 Å². The van der Waals surface area contributed by atoms with E-state index in [0.29, 0.717) is 37.5 Å². The topological polar surface area (TPSA) is 110 Å². The standard InChI is InChI=1S/C22H22N6O3S/c29-22(24-12-16-7-9-17(10-8-16)13-27-15-23-14-25-27)19-5-3-11-28(19)21-18-4-1-2-6-20(18)32(30,31)26-21/h1-2,4,6-10,14-15,19H,3,5,11-13H2,(H,24,29)/t19-/m0/s1. The molecule has 2 aromatic carbocycles. The number of fused-ring (bicyclic) bond motifs is 1. The van der Waals surface area contributed by atoms with Crippen molar-refractivity contribution in [2.24, 2.45) is 4.40 Å². The Bertz CT molecular complexity index is 1270. The SMILES string of the molecule is O=C(NCc1ccc(Cn2cncn2)cc1)[C@@H]1CCCN1C1=NS(=O)(=O)c2ccccc21. The number of aromatic nitrogens is 3. The largest absolute Gasteiger partial charge is 0.350 e. The summed E-state index contributed by atoms with van der Waals surface area (Å²) in [4.78, 5) is 18.9. The minimum absolute atomic E-state index is 0.126. The van der Waals surface area contributed by atoms with E-state index >= 15 is 0 Å². The van der Waals surface area contributed by atoms with Crippen LogP contribution in [0.5, 0.6) is 0 Å². The summed E-state index contributed by atoms with van der Waals surface area (Å²) in [5, 5.41) is 7.09. The summed E-state index contributed by atoms with van der Waals surface area (Å²) in [5.74, 6) is 0.245. The quantitative estimate of drug-likeness (QED) is 0.632. The molecule has 5 rings (SSSR count). The van der Waals surface area contributed by atoms with Gasteiger partial charge >= 0.3 is 0 Å². The van der Waals surface area contributed by atoms with Crippen molar-refractivity contribution < 1.29 is 13.2 Å². The second kappa shape index (κ2) is 8.19. The number of amides is 1. The van der Waals surface area contributed by atoms with E-state index in [1.807, 2.05) is 29.2 Å². The predicted molar refractivity (Wildman–Crippen MR) is 117 cm³/mol. The van der Waals surface area contributed by atoms with Gasteiger partial charge in [0, 0.05) is 18.7 Å². The predicted octanol–water partition coefficient (Wildman–Crippen LogP) is 1.56. The number of likely N-dealkylation sites (tertiary alicyclic amines) is 1. The van der Waals surface area contributed by atoms with E-state index < -0.39 is 16.1 Å². The minimum Gasteiger partial charge on any atom is -0.350 e. The van der Waals surface area contributed by atoms with Gasteiger partial charge < -0.3 is 10.2 Å². The zero-order chi connectivity index (χ0) is 22.1. The van der Waals surface area contributed by atoms with E-state index in [4.69, 9.17) is 0 Å². The van der Waals surface area contributed by atoms with Crippen molar-refractivity contribution in [3.63, 3.8) is 0 Å². The number of hydrogen-bond donors (Lipinski definition) is 1. The van der Waals surface area contributed by atoms with Crippen molar-refractivity contribution in [3.8, 4) is 0 Å². The molecule has 2 aliphatic rings. The molecule has 1 amide bonds. The van der Waals surface area contributed by atoms with Gasteiger partial charge in [-0.1, -0.05) is 36.4 Å². The average Bonchev–Trinajstić information content (AvgIpc) is 3.53. The first-order valence-corrected chi connectivity index (χ1v) is 11.8. The molecule has 1 aromatic heterocycles. The lowest BCUT2D eigenvalue weighted by molar-refractivity contribution is -0.124. The van der Waals surface area contributed by atoms with Crippen LogP contribution >= 0.6 is 0 Å². The van der Waals surface area contributed by atoms with Crippen LogP contribution < -0.4 is 5.32 Å². The fraction of sp³-hybridized carbons (Fsp3) is 0.273. The molecule has 1 atom stereocenters. The lowest BCUT2D eigenvalue weighted by Gasteiger charge is -2.25. The third kappa shape index (κ3) is 3.89. The van der Waals surface area contributed by atoms with Crippen LogP contribution in [0.4, 0.5) is 0 Å². The monoisotopic (exact) mass is 450 g/mol. The molecule has 1 fully saturated rings. The minimum atomic E-state index is -3.72. The van der Waals surface area contributed by atoms with Gasteiger partial charge in [0.05, 0.1) is 6.54 Å². The number of nitrogens with zero attached hydrogens (tertiary/aromatic N) is 5. The molecular formula is C22H22N6O3S. The van der Waals surface area contributed by atoms with Gasteiger partial charge in [0.25, 0.3) is 10.0 Å². The molecular weight excluding hydrogens is 428 g/mol. The molecule has 0 saturated carbocycles. The highest BCUT2D eigenvalue weighted by molar-refractivity contribution is 7.90. The fourth-order valence-corrected chi connectivity index (χ4v) is 5.38. The second-order valence-corrected chi connectivity index (χ2v) is 9.44. The normalized spacial score (nSPS) is 18.9. The smallest absolute Gasteiger partial charge is 0.285 e. The Balaban J connectivity index is 1.25. The van der Waals surface area contributed by atoms with Crippen LogP contribution in [0.15, 0.2) is 70.5 Å². The van der Waals surface area contributed by atoms with Gasteiger partial charge in [-0.25, -0.2) is 9.67 Å². The summed E-state index contributed by atoms with van der Waals surface area (Å²) in [6.07, 6.45) is 4.63. The summed E-state index contributed by atoms with van der Waals surface area (Å²) < 4.78 is 30.6. The van der Waals surface area contributed by atoms with Gasteiger partial charge in [-0.15, -0.1) is 4.40 Å². The molecule has 0 radical (unpaired) electrons. The van der Waals surface area contributed by atoms with Crippen molar-refractivity contribution in [2.75, 3.05) is 6.54 Å². The summed E-state index contributed by atoms with van der Waals surface area (Å²) in [6, 6.07) is 14.3. The fourth-order valence-electron chi connectivity index (χ4n) is 4.16. The summed E-state index contributed by atoms with van der Waals surface area (Å²) in [7, 11) is -3.72. The lowest BCUT2D eigenvalue weighted by Crippen LogP contribution is -2.45. The molecule has 0 unspecified atom stereocenters. The third-order valence-electron chi connectivity index (χ3n) is 5.74. The number of amidine groups is 1. The maximum atomic E-state index is 13.0. The molecule has 164 valence electrons. The highest BCUT2D eigenvalue weighted by atomic mass is 32.2. The van der Waals surface area contributed by atoms with E-state index in [0.717, 1.165) is 17.5 Å². The summed E-state index contributed by atoms with van der Waals surface area (Å²) in [5.41, 5.74) is 2.64. The van der Waals surface area contributed by atoms with Gasteiger partial charge in [-0.05, 0) is 36.1 Å². The highest BCUT2D eigenvalue weighted by Crippen LogP contribution is 2.31. The van der Waals surface area contributed by atoms with Crippen LogP contribution in [0.1, 0.15) is 29.5 Å². The first-order chi connectivity index (χ1) is 15.5. The Morgan fingerprint density at radius 2 is 1.88 bits per heavy atom. The average molecular weight is 451 g/mol. The van der Waals surface area contributed by atoms with Crippen molar-refractivity contribution in [2.45, 2.75) is 36.9 Å². The number of carbonyl (C=O) groups excluding carboxylic acids is 1. The molecule has 3 aromatic rings. The third-order valence-corrected chi connectivity index (χ3v) is 7.07. The maximum absolute atomic E-state index is 13.0. The Morgan fingerprint density at radius 3 is 2.66 bits per heavy atom. The van der Waals surface area contributed by atoms with Crippen LogP contribution in [-0.2, 0) is 27.9 Å². The number of hydrogen-bond acceptors (Lipinski definition) is 6. The molecule has 32 heavy (non-hydrogen) atoms. The summed E-state index contributed by atoms with van der Waals surface area (Å²) >= 11 is 0. The Kier molecular flexibility index (Phi) is 5.22. The molecule has 10 heteroatoms. The van der Waals surface area contributed by atoms with Crippen molar-refractivity contribution in [1.29, 1.82) is 0 Å². The van der Waals surface area contributed by atoms with Crippen molar-refractivity contribution in [1.82, 2.24) is 25.0 Å². The Labute approximate surface area is 185 Å². The van der Waals surface area contributed by atoms with Gasteiger partial charge in [0.15, 0.2) is 5.84 Å². The zero-order valence-electron chi connectivity index (χ0n) is 17.3. The second-order valence-electron chi connectivity index (χ2n) is 7.86. The van der Waals surface area contributed by atoms with Crippen LogP contribution in [0.25, 0.3) is 0 Å². The van der Waals surface area contributed by atoms with Crippen LogP contribution in [0.2, 0.25) is 0 Å². The van der Waals surface area contributed by atoms with Gasteiger partial charge in [0.1, 0.15) is 23.6 Å². The molecule has 1 N–H and O–H groups in total. The van der Waals surface area contributed by atoms with Crippen molar-refractivity contribution >= 4 is 21.8 Å². The molecule has 3 heterocycles. The number of benzene rings is 2. The molecule has 1 saturated heterocycles. The number of nitrogens with one attached hydrogen (secondary N) is 1. The zero-order valence-corrected chi connectivity index (χ0v) is 18.1. The lowest BCUT2D eigenvalue weighted by atomic mass is 10.1. The van der Waals surface area contributed by atoms with E-state index in [1.165, 1.54) is 6.33 Å². The molecule has 9 nitrogen and oxygen atoms in total. The van der Waals surface area contributed by atoms with E-state index in [9.17, 15) is 13.2 Å². The van der Waals surface area contributed by atoms with Crippen molar-refractivity contribution in [3.05, 3.63) is 77.9 Å². The maximum Gasteiger partial charge on any atom is 0.285 e. The van der Waals surface area contributed by atoms with Crippen LogP contribution in [0.3, 0.4) is 0 Å². The Hall–Kier alpha value is -3.53. The van der Waals surface area contributed by atoms with Crippen LogP contribution in [-0.4, -0.2) is 52.4 Å². The van der Waals surface area contributed by atoms with E-state index in [1.54, 1.807) is 35.3 Å².